The van der Waals surface area contributed by atoms with Crippen LogP contribution in [0.5, 0.6) is 0 Å². The van der Waals surface area contributed by atoms with Crippen LogP contribution in [0.2, 0.25) is 0 Å². The van der Waals surface area contributed by atoms with Gasteiger partial charge in [0.25, 0.3) is 0 Å². The molecular formula is C6H6N4O. The van der Waals surface area contributed by atoms with Crippen LogP contribution < -0.4 is 5.48 Å². The first-order valence-corrected chi connectivity index (χ1v) is 3.10. The number of nitrogens with one attached hydrogen (secondary N) is 2. The van der Waals surface area contributed by atoms with Gasteiger partial charge in [-0.15, -0.1) is 0 Å². The lowest BCUT2D eigenvalue weighted by Gasteiger charge is -1.94. The lowest BCUT2D eigenvalue weighted by molar-refractivity contribution is 0.383. The highest BCUT2D eigenvalue weighted by Gasteiger charge is 1.97. The van der Waals surface area contributed by atoms with Gasteiger partial charge in [0, 0.05) is 6.20 Å². The molecule has 0 atom stereocenters. The van der Waals surface area contributed by atoms with Crippen LogP contribution in [0.3, 0.4) is 0 Å². The Morgan fingerprint density at radius 3 is 3.27 bits per heavy atom. The second-order valence-corrected chi connectivity index (χ2v) is 2.08. The smallest absolute Gasteiger partial charge is 0.247 e. The maximum Gasteiger partial charge on any atom is 0.247 e. The summed E-state index contributed by atoms with van der Waals surface area (Å²) in [5, 5.41) is 8.45. The summed E-state index contributed by atoms with van der Waals surface area (Å²) in [6.07, 6.45) is 3.36. The van der Waals surface area contributed by atoms with Gasteiger partial charge in [-0.1, -0.05) is 0 Å². The Balaban J connectivity index is 2.67. The monoisotopic (exact) mass is 150 g/mol. The Bertz CT molecular complexity index is 369. The predicted molar refractivity (Wildman–Crippen MR) is 39.3 cm³/mol. The van der Waals surface area contributed by atoms with E-state index in [1.807, 2.05) is 5.48 Å². The second-order valence-electron chi connectivity index (χ2n) is 2.08. The summed E-state index contributed by atoms with van der Waals surface area (Å²) in [5.41, 5.74) is 3.50. The summed E-state index contributed by atoms with van der Waals surface area (Å²) in [4.78, 5) is 10.7. The average molecular weight is 150 g/mol. The highest BCUT2D eigenvalue weighted by Crippen LogP contribution is 2.08. The average Bonchev–Trinajstić information content (AvgIpc) is 2.50. The third kappa shape index (κ3) is 0.908. The molecule has 2 heterocycles. The Hall–Kier alpha value is -1.62. The Morgan fingerprint density at radius 2 is 2.45 bits per heavy atom. The second kappa shape index (κ2) is 2.21. The summed E-state index contributed by atoms with van der Waals surface area (Å²) in [6.45, 7) is 0. The minimum Gasteiger partial charge on any atom is -0.359 e. The van der Waals surface area contributed by atoms with E-state index in [0.29, 0.717) is 0 Å². The van der Waals surface area contributed by atoms with Crippen LogP contribution in [0.15, 0.2) is 18.5 Å². The molecule has 0 aliphatic rings. The van der Waals surface area contributed by atoms with Crippen LogP contribution in [-0.4, -0.2) is 20.2 Å². The molecule has 5 heteroatoms. The standard InChI is InChI=1S/C6H6N4O/c11-10-6-8-3-5-4(9-6)1-2-7-5/h1-3,7,11H,(H,8,9,10). The first-order chi connectivity index (χ1) is 5.40. The van der Waals surface area contributed by atoms with Gasteiger partial charge in [-0.3, -0.25) is 5.21 Å². The molecule has 0 spiro atoms. The van der Waals surface area contributed by atoms with E-state index >= 15 is 0 Å². The van der Waals surface area contributed by atoms with Crippen molar-refractivity contribution >= 4 is 17.0 Å². The number of anilines is 1. The van der Waals surface area contributed by atoms with Gasteiger partial charge in [-0.25, -0.2) is 15.4 Å². The first-order valence-electron chi connectivity index (χ1n) is 3.10. The van der Waals surface area contributed by atoms with Crippen molar-refractivity contribution in [3.05, 3.63) is 18.5 Å². The molecule has 2 aromatic rings. The number of rotatable bonds is 1. The Labute approximate surface area is 62.1 Å². The van der Waals surface area contributed by atoms with Gasteiger partial charge in [0.05, 0.1) is 17.2 Å². The fraction of sp³-hybridized carbons (Fsp3) is 0. The molecule has 3 N–H and O–H groups in total. The number of hydrogen-bond acceptors (Lipinski definition) is 4. The van der Waals surface area contributed by atoms with Crippen molar-refractivity contribution in [3.63, 3.8) is 0 Å². The predicted octanol–water partition coefficient (Wildman–Crippen LogP) is 0.759. The fourth-order valence-corrected chi connectivity index (χ4v) is 0.898. The quantitative estimate of drug-likeness (QED) is 0.524. The number of hydrogen-bond donors (Lipinski definition) is 3. The van der Waals surface area contributed by atoms with Crippen LogP contribution >= 0.6 is 0 Å². The van der Waals surface area contributed by atoms with Crippen molar-refractivity contribution in [2.45, 2.75) is 0 Å². The van der Waals surface area contributed by atoms with Crippen molar-refractivity contribution in [1.82, 2.24) is 15.0 Å². The van der Waals surface area contributed by atoms with E-state index in [4.69, 9.17) is 5.21 Å². The van der Waals surface area contributed by atoms with Gasteiger partial charge in [-0.05, 0) is 6.07 Å². The molecule has 11 heavy (non-hydrogen) atoms. The largest absolute Gasteiger partial charge is 0.359 e. The van der Waals surface area contributed by atoms with Crippen molar-refractivity contribution < 1.29 is 5.21 Å². The van der Waals surface area contributed by atoms with Crippen molar-refractivity contribution in [3.8, 4) is 0 Å². The van der Waals surface area contributed by atoms with Gasteiger partial charge >= 0.3 is 0 Å². The lowest BCUT2D eigenvalue weighted by atomic mass is 10.5. The van der Waals surface area contributed by atoms with E-state index in [0.717, 1.165) is 11.0 Å². The summed E-state index contributed by atoms with van der Waals surface area (Å²) in [7, 11) is 0. The van der Waals surface area contributed by atoms with E-state index < -0.39 is 0 Å². The van der Waals surface area contributed by atoms with Crippen molar-refractivity contribution in [2.24, 2.45) is 0 Å². The number of aromatic amines is 1. The van der Waals surface area contributed by atoms with Crippen LogP contribution in [0, 0.1) is 0 Å². The topological polar surface area (TPSA) is 73.8 Å². The zero-order valence-electron chi connectivity index (χ0n) is 5.57. The van der Waals surface area contributed by atoms with E-state index in [2.05, 4.69) is 15.0 Å². The minimum atomic E-state index is 0.206. The van der Waals surface area contributed by atoms with Gasteiger partial charge in [0.1, 0.15) is 0 Å². The molecule has 2 aromatic heterocycles. The zero-order valence-corrected chi connectivity index (χ0v) is 5.57. The number of aromatic nitrogens is 3. The molecule has 5 nitrogen and oxygen atoms in total. The molecule has 56 valence electrons. The molecule has 0 amide bonds. The third-order valence-electron chi connectivity index (χ3n) is 1.40. The minimum absolute atomic E-state index is 0.206. The molecule has 0 fully saturated rings. The molecular weight excluding hydrogens is 144 g/mol. The van der Waals surface area contributed by atoms with E-state index in [9.17, 15) is 0 Å². The molecule has 0 radical (unpaired) electrons. The maximum atomic E-state index is 8.45. The summed E-state index contributed by atoms with van der Waals surface area (Å²) >= 11 is 0. The van der Waals surface area contributed by atoms with Gasteiger partial charge in [0.2, 0.25) is 5.95 Å². The van der Waals surface area contributed by atoms with Crippen LogP contribution in [0.1, 0.15) is 0 Å². The molecule has 0 saturated heterocycles. The molecule has 0 aliphatic carbocycles. The number of H-pyrrole nitrogens is 1. The molecule has 0 aliphatic heterocycles. The molecule has 0 aromatic carbocycles. The van der Waals surface area contributed by atoms with Crippen molar-refractivity contribution in [1.29, 1.82) is 0 Å². The first kappa shape index (κ1) is 6.11. The third-order valence-corrected chi connectivity index (χ3v) is 1.40. The summed E-state index contributed by atoms with van der Waals surface area (Å²) < 4.78 is 0. The van der Waals surface area contributed by atoms with Gasteiger partial charge < -0.3 is 4.98 Å². The molecule has 0 saturated carbocycles. The normalized spacial score (nSPS) is 10.3. The molecule has 0 bridgehead atoms. The molecule has 0 unspecified atom stereocenters. The Kier molecular flexibility index (Phi) is 1.23. The van der Waals surface area contributed by atoms with Crippen molar-refractivity contribution in [2.75, 3.05) is 5.48 Å². The van der Waals surface area contributed by atoms with E-state index in [1.54, 1.807) is 18.5 Å². The van der Waals surface area contributed by atoms with Gasteiger partial charge in [-0.2, -0.15) is 0 Å². The fourth-order valence-electron chi connectivity index (χ4n) is 0.898. The number of nitrogens with zero attached hydrogens (tertiary/aromatic N) is 2. The highest BCUT2D eigenvalue weighted by atomic mass is 16.5. The lowest BCUT2D eigenvalue weighted by Crippen LogP contribution is -1.95. The van der Waals surface area contributed by atoms with Crippen LogP contribution in [0.25, 0.3) is 11.0 Å². The maximum absolute atomic E-state index is 8.45. The van der Waals surface area contributed by atoms with Gasteiger partial charge in [0.15, 0.2) is 0 Å². The molecule has 2 rings (SSSR count). The van der Waals surface area contributed by atoms with Crippen LogP contribution in [0.4, 0.5) is 5.95 Å². The zero-order chi connectivity index (χ0) is 7.68. The van der Waals surface area contributed by atoms with Crippen LogP contribution in [-0.2, 0) is 0 Å². The Morgan fingerprint density at radius 1 is 1.55 bits per heavy atom. The SMILES string of the molecule is ONc1ncc2[nH]ccc2n1. The van der Waals surface area contributed by atoms with E-state index in [-0.39, 0.29) is 5.95 Å². The van der Waals surface area contributed by atoms with E-state index in [1.165, 1.54) is 0 Å². The number of fused-ring (bicyclic) bond motifs is 1. The highest BCUT2D eigenvalue weighted by molar-refractivity contribution is 5.74. The summed E-state index contributed by atoms with van der Waals surface area (Å²) in [6, 6.07) is 1.80. The summed E-state index contributed by atoms with van der Waals surface area (Å²) in [5.74, 6) is 0.206.